The van der Waals surface area contributed by atoms with Crippen molar-refractivity contribution in [3.05, 3.63) is 77.4 Å². The maximum Gasteiger partial charge on any atom is 0.334 e. The van der Waals surface area contributed by atoms with Crippen molar-refractivity contribution in [3.63, 3.8) is 0 Å². The van der Waals surface area contributed by atoms with Crippen LogP contribution in [0.5, 0.6) is 5.75 Å². The Morgan fingerprint density at radius 2 is 1.75 bits per heavy atom. The van der Waals surface area contributed by atoms with Crippen LogP contribution in [0.2, 0.25) is 0 Å². The molecule has 124 valence electrons. The van der Waals surface area contributed by atoms with E-state index in [2.05, 4.69) is 0 Å². The lowest BCUT2D eigenvalue weighted by Crippen LogP contribution is -2.11. The summed E-state index contributed by atoms with van der Waals surface area (Å²) in [5, 5.41) is 0. The van der Waals surface area contributed by atoms with Gasteiger partial charge in [-0.05, 0) is 30.7 Å². The topological polar surface area (TPSA) is 52.6 Å². The monoisotopic (exact) mass is 324 g/mol. The van der Waals surface area contributed by atoms with Crippen LogP contribution in [0.25, 0.3) is 0 Å². The third kappa shape index (κ3) is 5.09. The van der Waals surface area contributed by atoms with Gasteiger partial charge in [0.1, 0.15) is 12.4 Å². The molecule has 0 unspecified atom stereocenters. The van der Waals surface area contributed by atoms with Crippen LogP contribution >= 0.6 is 0 Å². The fourth-order valence-electron chi connectivity index (χ4n) is 2.21. The molecule has 0 amide bonds. The second-order valence-electron chi connectivity index (χ2n) is 5.08. The van der Waals surface area contributed by atoms with Crippen molar-refractivity contribution in [2.45, 2.75) is 13.3 Å². The van der Waals surface area contributed by atoms with Crippen LogP contribution in [0.4, 0.5) is 0 Å². The van der Waals surface area contributed by atoms with Gasteiger partial charge in [-0.1, -0.05) is 42.5 Å². The second-order valence-corrected chi connectivity index (χ2v) is 5.08. The molecule has 0 aliphatic rings. The number of rotatable bonds is 8. The van der Waals surface area contributed by atoms with Crippen molar-refractivity contribution in [2.75, 3.05) is 13.2 Å². The Morgan fingerprint density at radius 3 is 2.46 bits per heavy atom. The van der Waals surface area contributed by atoms with E-state index in [4.69, 9.17) is 9.47 Å². The minimum absolute atomic E-state index is 0.186. The second kappa shape index (κ2) is 9.30. The van der Waals surface area contributed by atoms with E-state index in [9.17, 15) is 9.59 Å². The standard InChI is InChI=1S/C20H20O4/c1-2-23-20(22)17(14-16-8-4-3-5-9-16)12-13-24-19-11-7-6-10-18(19)15-21/h3-12,15H,2,13-14H2,1H3/b17-12+. The molecule has 0 atom stereocenters. The number of benzene rings is 2. The van der Waals surface area contributed by atoms with Crippen LogP contribution in [0, 0.1) is 0 Å². The van der Waals surface area contributed by atoms with Crippen molar-refractivity contribution in [1.82, 2.24) is 0 Å². The predicted molar refractivity (Wildman–Crippen MR) is 92.2 cm³/mol. The summed E-state index contributed by atoms with van der Waals surface area (Å²) in [6, 6.07) is 16.7. The van der Waals surface area contributed by atoms with Gasteiger partial charge in [0.2, 0.25) is 0 Å². The molecule has 2 aromatic rings. The molecule has 0 bridgehead atoms. The zero-order valence-electron chi connectivity index (χ0n) is 13.6. The number of esters is 1. The third-order valence-electron chi connectivity index (χ3n) is 3.39. The maximum atomic E-state index is 12.1. The van der Waals surface area contributed by atoms with Gasteiger partial charge < -0.3 is 9.47 Å². The highest BCUT2D eigenvalue weighted by atomic mass is 16.5. The quantitative estimate of drug-likeness (QED) is 0.423. The van der Waals surface area contributed by atoms with E-state index in [1.54, 1.807) is 37.3 Å². The Hall–Kier alpha value is -2.88. The first-order valence-corrected chi connectivity index (χ1v) is 7.81. The minimum Gasteiger partial charge on any atom is -0.489 e. The lowest BCUT2D eigenvalue weighted by atomic mass is 10.1. The first-order valence-electron chi connectivity index (χ1n) is 7.81. The zero-order valence-corrected chi connectivity index (χ0v) is 13.6. The van der Waals surface area contributed by atoms with E-state index in [1.165, 1.54) is 0 Å². The molecule has 4 nitrogen and oxygen atoms in total. The first-order chi connectivity index (χ1) is 11.7. The van der Waals surface area contributed by atoms with Crippen molar-refractivity contribution in [3.8, 4) is 5.75 Å². The van der Waals surface area contributed by atoms with Gasteiger partial charge >= 0.3 is 5.97 Å². The first kappa shape index (κ1) is 17.5. The summed E-state index contributed by atoms with van der Waals surface area (Å²) in [7, 11) is 0. The molecule has 4 heteroatoms. The number of para-hydroxylation sites is 1. The molecule has 0 saturated carbocycles. The number of hydrogen-bond donors (Lipinski definition) is 0. The predicted octanol–water partition coefficient (Wildman–Crippen LogP) is 3.61. The van der Waals surface area contributed by atoms with Gasteiger partial charge in [-0.3, -0.25) is 4.79 Å². The Morgan fingerprint density at radius 1 is 1.04 bits per heavy atom. The average molecular weight is 324 g/mol. The number of hydrogen-bond acceptors (Lipinski definition) is 4. The minimum atomic E-state index is -0.353. The molecule has 2 aromatic carbocycles. The van der Waals surface area contributed by atoms with Crippen LogP contribution in [0.3, 0.4) is 0 Å². The van der Waals surface area contributed by atoms with Crippen molar-refractivity contribution in [1.29, 1.82) is 0 Å². The summed E-state index contributed by atoms with van der Waals surface area (Å²) in [5.41, 5.74) is 2.03. The van der Waals surface area contributed by atoms with Crippen LogP contribution < -0.4 is 4.74 Å². The van der Waals surface area contributed by atoms with Gasteiger partial charge in [-0.2, -0.15) is 0 Å². The van der Waals surface area contributed by atoms with E-state index >= 15 is 0 Å². The normalized spacial score (nSPS) is 11.0. The SMILES string of the molecule is CCOC(=O)/C(=C/COc1ccccc1C=O)Cc1ccccc1. The Labute approximate surface area is 141 Å². The van der Waals surface area contributed by atoms with Crippen LogP contribution in [-0.4, -0.2) is 25.5 Å². The molecule has 0 N–H and O–H groups in total. The van der Waals surface area contributed by atoms with E-state index in [0.29, 0.717) is 29.9 Å². The van der Waals surface area contributed by atoms with Gasteiger partial charge in [0, 0.05) is 12.0 Å². The summed E-state index contributed by atoms with van der Waals surface area (Å²) in [4.78, 5) is 23.1. The fourth-order valence-corrected chi connectivity index (χ4v) is 2.21. The molecule has 0 spiro atoms. The molecule has 0 radical (unpaired) electrons. The fraction of sp³-hybridized carbons (Fsp3) is 0.200. The van der Waals surface area contributed by atoms with Gasteiger partial charge in [0.25, 0.3) is 0 Å². The molecule has 2 rings (SSSR count). The van der Waals surface area contributed by atoms with E-state index in [1.807, 2.05) is 30.3 Å². The highest BCUT2D eigenvalue weighted by Crippen LogP contribution is 2.16. The number of aldehydes is 1. The van der Waals surface area contributed by atoms with E-state index in [0.717, 1.165) is 11.8 Å². The smallest absolute Gasteiger partial charge is 0.334 e. The molecular weight excluding hydrogens is 304 g/mol. The van der Waals surface area contributed by atoms with Crippen LogP contribution in [0.15, 0.2) is 66.2 Å². The van der Waals surface area contributed by atoms with E-state index in [-0.39, 0.29) is 12.6 Å². The number of carbonyl (C=O) groups is 2. The number of carbonyl (C=O) groups excluding carboxylic acids is 2. The summed E-state index contributed by atoms with van der Waals surface area (Å²) in [6.45, 7) is 2.28. The Kier molecular flexibility index (Phi) is 6.77. The lowest BCUT2D eigenvalue weighted by molar-refractivity contribution is -0.138. The average Bonchev–Trinajstić information content (AvgIpc) is 2.62. The van der Waals surface area contributed by atoms with E-state index < -0.39 is 0 Å². The Balaban J connectivity index is 2.09. The van der Waals surface area contributed by atoms with Crippen molar-refractivity contribution < 1.29 is 19.1 Å². The molecule has 0 saturated heterocycles. The van der Waals surface area contributed by atoms with Crippen molar-refractivity contribution in [2.24, 2.45) is 0 Å². The summed E-state index contributed by atoms with van der Waals surface area (Å²) >= 11 is 0. The highest BCUT2D eigenvalue weighted by Gasteiger charge is 2.11. The van der Waals surface area contributed by atoms with Gasteiger partial charge in [-0.25, -0.2) is 4.79 Å². The number of ether oxygens (including phenoxy) is 2. The molecule has 0 aromatic heterocycles. The molecule has 0 aliphatic heterocycles. The molecule has 0 fully saturated rings. The van der Waals surface area contributed by atoms with Crippen molar-refractivity contribution >= 4 is 12.3 Å². The van der Waals surface area contributed by atoms with Crippen LogP contribution in [0.1, 0.15) is 22.8 Å². The summed E-state index contributed by atoms with van der Waals surface area (Å²) in [6.07, 6.45) is 2.92. The highest BCUT2D eigenvalue weighted by molar-refractivity contribution is 5.89. The van der Waals surface area contributed by atoms with Gasteiger partial charge in [-0.15, -0.1) is 0 Å². The molecular formula is C20H20O4. The zero-order chi connectivity index (χ0) is 17.2. The summed E-state index contributed by atoms with van der Waals surface area (Å²) in [5.74, 6) is 0.139. The third-order valence-corrected chi connectivity index (χ3v) is 3.39. The largest absolute Gasteiger partial charge is 0.489 e. The van der Waals surface area contributed by atoms with Gasteiger partial charge in [0.05, 0.1) is 12.2 Å². The molecule has 0 aliphatic carbocycles. The molecule has 24 heavy (non-hydrogen) atoms. The van der Waals surface area contributed by atoms with Gasteiger partial charge in [0.15, 0.2) is 6.29 Å². The summed E-state index contributed by atoms with van der Waals surface area (Å²) < 4.78 is 10.7. The van der Waals surface area contributed by atoms with Crippen LogP contribution in [-0.2, 0) is 16.0 Å². The maximum absolute atomic E-state index is 12.1. The molecule has 0 heterocycles. The lowest BCUT2D eigenvalue weighted by Gasteiger charge is -2.09. The Bertz CT molecular complexity index is 705.